The van der Waals surface area contributed by atoms with Crippen LogP contribution in [0, 0.1) is 0 Å². The van der Waals surface area contributed by atoms with Crippen molar-refractivity contribution in [2.45, 2.75) is 31.6 Å². The van der Waals surface area contributed by atoms with Crippen molar-refractivity contribution in [2.24, 2.45) is 5.73 Å². The van der Waals surface area contributed by atoms with Crippen LogP contribution in [0.15, 0.2) is 24.3 Å². The van der Waals surface area contributed by atoms with Crippen LogP contribution in [0.4, 0.5) is 0 Å². The number of nitrogens with one attached hydrogen (secondary N) is 1. The zero-order valence-electron chi connectivity index (χ0n) is 10.2. The first-order valence-electron chi connectivity index (χ1n) is 5.69. The van der Waals surface area contributed by atoms with Gasteiger partial charge in [0.15, 0.2) is 0 Å². The number of halogens is 1. The second kappa shape index (κ2) is 7.11. The van der Waals surface area contributed by atoms with E-state index in [0.717, 1.165) is 12.0 Å². The Morgan fingerprint density at radius 3 is 2.82 bits per heavy atom. The van der Waals surface area contributed by atoms with Crippen molar-refractivity contribution >= 4 is 22.6 Å². The summed E-state index contributed by atoms with van der Waals surface area (Å²) in [5, 5.41) is 0.808. The lowest BCUT2D eigenvalue weighted by molar-refractivity contribution is 0.639. The molecule has 0 aliphatic carbocycles. The summed E-state index contributed by atoms with van der Waals surface area (Å²) in [5.41, 5.74) is 6.95. The molecule has 1 aromatic rings. The third kappa shape index (κ3) is 4.76. The second-order valence-corrected chi connectivity index (χ2v) is 6.15. The van der Waals surface area contributed by atoms with Crippen molar-refractivity contribution in [1.29, 1.82) is 0 Å². The molecule has 96 valence electrons. The van der Waals surface area contributed by atoms with Crippen molar-refractivity contribution < 1.29 is 4.21 Å². The Balaban J connectivity index is 2.50. The van der Waals surface area contributed by atoms with Crippen LogP contribution in [0.5, 0.6) is 0 Å². The Morgan fingerprint density at radius 2 is 2.24 bits per heavy atom. The van der Waals surface area contributed by atoms with Crippen LogP contribution in [0.2, 0.25) is 5.02 Å². The van der Waals surface area contributed by atoms with Gasteiger partial charge in [-0.25, -0.2) is 8.93 Å². The molecule has 0 amide bonds. The first-order valence-corrected chi connectivity index (χ1v) is 7.28. The van der Waals surface area contributed by atoms with Crippen molar-refractivity contribution in [1.82, 2.24) is 4.72 Å². The fourth-order valence-electron chi connectivity index (χ4n) is 1.32. The van der Waals surface area contributed by atoms with E-state index in [1.165, 1.54) is 0 Å². The third-order valence-corrected chi connectivity index (χ3v) is 4.41. The number of hydrogen-bond acceptors (Lipinski definition) is 2. The maximum atomic E-state index is 11.7. The van der Waals surface area contributed by atoms with Gasteiger partial charge in [-0.05, 0) is 31.0 Å². The molecule has 0 radical (unpaired) electrons. The molecule has 1 rings (SSSR count). The molecule has 1 unspecified atom stereocenters. The molecule has 3 atom stereocenters. The van der Waals surface area contributed by atoms with E-state index in [-0.39, 0.29) is 11.3 Å². The van der Waals surface area contributed by atoms with Gasteiger partial charge in [-0.3, -0.25) is 0 Å². The zero-order chi connectivity index (χ0) is 12.8. The number of hydrogen-bond donors (Lipinski definition) is 2. The summed E-state index contributed by atoms with van der Waals surface area (Å²) in [4.78, 5) is 0. The van der Waals surface area contributed by atoms with Crippen LogP contribution in [-0.2, 0) is 11.0 Å². The van der Waals surface area contributed by atoms with E-state index in [9.17, 15) is 4.21 Å². The first kappa shape index (κ1) is 14.6. The predicted molar refractivity (Wildman–Crippen MR) is 74.3 cm³/mol. The van der Waals surface area contributed by atoms with Crippen LogP contribution in [0.1, 0.15) is 31.9 Å². The molecule has 1 aromatic carbocycles. The molecule has 0 fully saturated rings. The Labute approximate surface area is 110 Å². The second-order valence-electron chi connectivity index (χ2n) is 4.03. The van der Waals surface area contributed by atoms with E-state index in [1.807, 2.05) is 38.1 Å². The Kier molecular flexibility index (Phi) is 6.12. The van der Waals surface area contributed by atoms with E-state index in [0.29, 0.717) is 11.6 Å². The molecule has 0 aliphatic heterocycles. The smallest absolute Gasteiger partial charge is 0.0944 e. The number of rotatable bonds is 6. The lowest BCUT2D eigenvalue weighted by atomic mass is 10.1. The lowest BCUT2D eigenvalue weighted by Crippen LogP contribution is -2.32. The van der Waals surface area contributed by atoms with Crippen LogP contribution < -0.4 is 10.5 Å². The largest absolute Gasteiger partial charge is 0.323 e. The highest BCUT2D eigenvalue weighted by atomic mass is 35.5. The number of nitrogens with two attached hydrogens (primary N) is 1. The van der Waals surface area contributed by atoms with Gasteiger partial charge in [0.05, 0.1) is 11.0 Å². The molecule has 0 spiro atoms. The van der Waals surface area contributed by atoms with Gasteiger partial charge < -0.3 is 5.73 Å². The maximum Gasteiger partial charge on any atom is 0.0944 e. The number of benzene rings is 1. The minimum absolute atomic E-state index is 0.140. The summed E-state index contributed by atoms with van der Waals surface area (Å²) in [6, 6.07) is 7.23. The summed E-state index contributed by atoms with van der Waals surface area (Å²) in [6.45, 7) is 4.45. The highest BCUT2D eigenvalue weighted by molar-refractivity contribution is 7.83. The molecule has 0 aliphatic rings. The molecule has 0 aromatic heterocycles. The van der Waals surface area contributed by atoms with Crippen LogP contribution in [0.25, 0.3) is 0 Å². The summed E-state index contributed by atoms with van der Waals surface area (Å²) in [7, 11) is -1.03. The fraction of sp³-hybridized carbons (Fsp3) is 0.500. The lowest BCUT2D eigenvalue weighted by Gasteiger charge is -2.15. The summed E-state index contributed by atoms with van der Waals surface area (Å²) < 4.78 is 14.7. The first-order chi connectivity index (χ1) is 8.04. The molecule has 0 heterocycles. The standard InChI is InChI=1S/C12H19ClN2OS/c1-3-9(2)17(16)15-8-12(14)10-5-4-6-11(13)7-10/h4-7,9,12,15H,3,8,14H2,1-2H3/t9-,12+,17?/m0/s1. The van der Waals surface area contributed by atoms with E-state index in [1.54, 1.807) is 0 Å². The monoisotopic (exact) mass is 274 g/mol. The Bertz CT molecular complexity index is 387. The summed E-state index contributed by atoms with van der Waals surface area (Å²) >= 11 is 5.89. The predicted octanol–water partition coefficient (Wildman–Crippen LogP) is 2.39. The quantitative estimate of drug-likeness (QED) is 0.837. The summed E-state index contributed by atoms with van der Waals surface area (Å²) in [6.07, 6.45) is 0.881. The van der Waals surface area contributed by atoms with Crippen LogP contribution in [0.3, 0.4) is 0 Å². The van der Waals surface area contributed by atoms with Gasteiger partial charge in [0.2, 0.25) is 0 Å². The average Bonchev–Trinajstić information content (AvgIpc) is 2.34. The van der Waals surface area contributed by atoms with Gasteiger partial charge >= 0.3 is 0 Å². The van der Waals surface area contributed by atoms with Gasteiger partial charge in [-0.2, -0.15) is 0 Å². The van der Waals surface area contributed by atoms with Crippen LogP contribution in [-0.4, -0.2) is 16.0 Å². The van der Waals surface area contributed by atoms with E-state index >= 15 is 0 Å². The normalized spacial score (nSPS) is 16.5. The molecule has 3 N–H and O–H groups in total. The van der Waals surface area contributed by atoms with Gasteiger partial charge in [-0.15, -0.1) is 0 Å². The van der Waals surface area contributed by atoms with Crippen molar-refractivity contribution in [2.75, 3.05) is 6.54 Å². The van der Waals surface area contributed by atoms with E-state index < -0.39 is 11.0 Å². The molecular formula is C12H19ClN2OS. The Morgan fingerprint density at radius 1 is 1.53 bits per heavy atom. The van der Waals surface area contributed by atoms with E-state index in [4.69, 9.17) is 17.3 Å². The Hall–Kier alpha value is -0.420. The van der Waals surface area contributed by atoms with Gasteiger partial charge in [0.1, 0.15) is 0 Å². The summed E-state index contributed by atoms with van der Waals surface area (Å²) in [5.74, 6) is 0. The molecule has 0 saturated heterocycles. The van der Waals surface area contributed by atoms with E-state index in [2.05, 4.69) is 4.72 Å². The van der Waals surface area contributed by atoms with Crippen molar-refractivity contribution in [3.05, 3.63) is 34.9 Å². The van der Waals surface area contributed by atoms with Gasteiger partial charge in [0.25, 0.3) is 0 Å². The molecular weight excluding hydrogens is 256 g/mol. The molecule has 17 heavy (non-hydrogen) atoms. The molecule has 0 saturated carbocycles. The third-order valence-electron chi connectivity index (χ3n) is 2.66. The van der Waals surface area contributed by atoms with Crippen LogP contribution >= 0.6 is 11.6 Å². The average molecular weight is 275 g/mol. The topological polar surface area (TPSA) is 55.1 Å². The fourth-order valence-corrected chi connectivity index (χ4v) is 2.45. The minimum atomic E-state index is -1.03. The minimum Gasteiger partial charge on any atom is -0.323 e. The van der Waals surface area contributed by atoms with Gasteiger partial charge in [-0.1, -0.05) is 30.7 Å². The highest BCUT2D eigenvalue weighted by Gasteiger charge is 2.11. The van der Waals surface area contributed by atoms with Crippen molar-refractivity contribution in [3.63, 3.8) is 0 Å². The zero-order valence-corrected chi connectivity index (χ0v) is 11.7. The van der Waals surface area contributed by atoms with Crippen molar-refractivity contribution in [3.8, 4) is 0 Å². The molecule has 3 nitrogen and oxygen atoms in total. The SMILES string of the molecule is CC[C@H](C)S(=O)NC[C@@H](N)c1cccc(Cl)c1. The highest BCUT2D eigenvalue weighted by Crippen LogP contribution is 2.15. The molecule has 0 bridgehead atoms. The molecule has 5 heteroatoms. The van der Waals surface area contributed by atoms with Gasteiger partial charge in [0, 0.05) is 22.9 Å². The maximum absolute atomic E-state index is 11.7.